The van der Waals surface area contributed by atoms with E-state index in [1.807, 2.05) is 48.5 Å². The second-order valence-electron chi connectivity index (χ2n) is 13.8. The van der Waals surface area contributed by atoms with Crippen molar-refractivity contribution in [1.29, 1.82) is 0 Å². The number of carbonyl (C=O) groups is 1. The van der Waals surface area contributed by atoms with Gasteiger partial charge in [0.05, 0.1) is 28.4 Å². The molecule has 6 aromatic rings. The van der Waals surface area contributed by atoms with Crippen molar-refractivity contribution in [1.82, 2.24) is 19.1 Å². The first-order valence-corrected chi connectivity index (χ1v) is 19.3. The lowest BCUT2D eigenvalue weighted by atomic mass is 9.98. The molecule has 2 unspecified atom stereocenters. The molecule has 2 aromatic heterocycles. The van der Waals surface area contributed by atoms with Gasteiger partial charge in [-0.1, -0.05) is 80.4 Å². The van der Waals surface area contributed by atoms with E-state index in [-0.39, 0.29) is 48.7 Å². The van der Waals surface area contributed by atoms with Crippen LogP contribution in [0.5, 0.6) is 0 Å². The summed E-state index contributed by atoms with van der Waals surface area (Å²) in [5, 5.41) is 10.4. The molecule has 12 heteroatoms. The normalized spacial score (nSPS) is 17.3. The first-order chi connectivity index (χ1) is 25.8. The van der Waals surface area contributed by atoms with E-state index in [1.165, 1.54) is 11.1 Å². The predicted molar refractivity (Wildman–Crippen MR) is 209 cm³/mol. The van der Waals surface area contributed by atoms with Crippen molar-refractivity contribution in [2.45, 2.75) is 44.7 Å². The van der Waals surface area contributed by atoms with Crippen molar-refractivity contribution in [3.63, 3.8) is 0 Å². The van der Waals surface area contributed by atoms with Gasteiger partial charge in [0, 0.05) is 59.2 Å². The van der Waals surface area contributed by atoms with E-state index in [0.29, 0.717) is 35.8 Å². The molecule has 0 bridgehead atoms. The van der Waals surface area contributed by atoms with Gasteiger partial charge in [-0.05, 0) is 71.5 Å². The van der Waals surface area contributed by atoms with Gasteiger partial charge >= 0.3 is 6.16 Å². The number of hydrogen-bond donors (Lipinski definition) is 1. The van der Waals surface area contributed by atoms with E-state index in [1.54, 1.807) is 21.3 Å². The number of benzene rings is 4. The maximum absolute atomic E-state index is 13.0. The molecular formula is C41H36Br2N4O6. The van der Waals surface area contributed by atoms with E-state index >= 15 is 0 Å². The van der Waals surface area contributed by atoms with Gasteiger partial charge in [-0.2, -0.15) is 0 Å². The lowest BCUT2D eigenvalue weighted by Gasteiger charge is -2.25. The number of nitrogens with zero attached hydrogens (tertiary/aromatic N) is 4. The summed E-state index contributed by atoms with van der Waals surface area (Å²) in [6.07, 6.45) is 2.43. The molecule has 4 heterocycles. The fraction of sp³-hybridized carbons (Fsp3) is 0.293. The van der Waals surface area contributed by atoms with Gasteiger partial charge in [-0.3, -0.25) is 18.7 Å². The second-order valence-corrected chi connectivity index (χ2v) is 15.6. The minimum atomic E-state index is -0.675. The van der Waals surface area contributed by atoms with E-state index in [9.17, 15) is 19.5 Å². The molecule has 2 aliphatic heterocycles. The number of fused-ring (bicyclic) bond motifs is 7. The first kappa shape index (κ1) is 35.4. The van der Waals surface area contributed by atoms with Gasteiger partial charge in [0.15, 0.2) is 0 Å². The van der Waals surface area contributed by atoms with Crippen LogP contribution in [0.3, 0.4) is 0 Å². The van der Waals surface area contributed by atoms with Crippen LogP contribution in [0.15, 0.2) is 103 Å². The Morgan fingerprint density at radius 3 is 1.74 bits per heavy atom. The highest BCUT2D eigenvalue weighted by atomic mass is 79.9. The van der Waals surface area contributed by atoms with Crippen molar-refractivity contribution in [3.8, 4) is 11.1 Å². The van der Waals surface area contributed by atoms with Gasteiger partial charge in [0.2, 0.25) is 0 Å². The van der Waals surface area contributed by atoms with Gasteiger partial charge < -0.3 is 14.6 Å². The van der Waals surface area contributed by atoms with Crippen LogP contribution in [0.4, 0.5) is 4.79 Å². The summed E-state index contributed by atoms with van der Waals surface area (Å²) < 4.78 is 16.3. The predicted octanol–water partition coefficient (Wildman–Crippen LogP) is 7.40. The SMILES string of the molecule is O=C(OCC1CCc2nc3cc(Br)ccc3c(=O)n2C1)OCC1c2ccccc2-c2ccccc21.O=c1c2ccc(Br)cc2nc2n1CC(CO)CC2. The monoisotopic (exact) mass is 838 g/mol. The zero-order chi connectivity index (χ0) is 36.6. The summed E-state index contributed by atoms with van der Waals surface area (Å²) in [5.41, 5.74) is 6.08. The zero-order valence-corrected chi connectivity index (χ0v) is 31.9. The first-order valence-electron chi connectivity index (χ1n) is 17.7. The average Bonchev–Trinajstić information content (AvgIpc) is 3.50. The van der Waals surface area contributed by atoms with Crippen LogP contribution in [0, 0.1) is 11.8 Å². The Morgan fingerprint density at radius 2 is 1.19 bits per heavy atom. The number of rotatable bonds is 5. The molecule has 0 amide bonds. The van der Waals surface area contributed by atoms with E-state index in [4.69, 9.17) is 9.47 Å². The Kier molecular flexibility index (Phi) is 10.0. The summed E-state index contributed by atoms with van der Waals surface area (Å²) >= 11 is 6.83. The molecule has 4 aromatic carbocycles. The maximum Gasteiger partial charge on any atom is 0.508 e. The minimum absolute atomic E-state index is 0.000602. The van der Waals surface area contributed by atoms with E-state index < -0.39 is 6.16 Å². The molecule has 0 radical (unpaired) electrons. The Balaban J connectivity index is 0.000000186. The highest BCUT2D eigenvalue weighted by Crippen LogP contribution is 2.44. The Labute approximate surface area is 321 Å². The topological polar surface area (TPSA) is 126 Å². The Morgan fingerprint density at radius 1 is 0.698 bits per heavy atom. The number of ether oxygens (including phenoxy) is 2. The van der Waals surface area contributed by atoms with Crippen LogP contribution < -0.4 is 11.1 Å². The highest BCUT2D eigenvalue weighted by Gasteiger charge is 2.30. The molecular weight excluding hydrogens is 804 g/mol. The van der Waals surface area contributed by atoms with Crippen molar-refractivity contribution < 1.29 is 19.4 Å². The van der Waals surface area contributed by atoms with Crippen LogP contribution in [-0.4, -0.2) is 50.2 Å². The summed E-state index contributed by atoms with van der Waals surface area (Å²) in [5.74, 6) is 1.81. The zero-order valence-electron chi connectivity index (χ0n) is 28.7. The molecule has 0 saturated carbocycles. The maximum atomic E-state index is 13.0. The molecule has 3 aliphatic rings. The lowest BCUT2D eigenvalue weighted by molar-refractivity contribution is 0.0379. The molecule has 1 N–H and O–H groups in total. The number of halogens is 2. The molecule has 9 rings (SSSR count). The number of aryl methyl sites for hydroxylation is 2. The second kappa shape index (κ2) is 15.0. The number of aliphatic hydroxyl groups is 1. The molecule has 1 aliphatic carbocycles. The van der Waals surface area contributed by atoms with Crippen LogP contribution in [0.25, 0.3) is 32.9 Å². The molecule has 53 heavy (non-hydrogen) atoms. The number of aliphatic hydroxyl groups excluding tert-OH is 1. The van der Waals surface area contributed by atoms with Crippen molar-refractivity contribution in [2.24, 2.45) is 11.8 Å². The smallest absolute Gasteiger partial charge is 0.434 e. The van der Waals surface area contributed by atoms with Crippen molar-refractivity contribution in [3.05, 3.63) is 137 Å². The van der Waals surface area contributed by atoms with Crippen LogP contribution in [-0.2, 0) is 35.4 Å². The molecule has 2 atom stereocenters. The molecule has 0 spiro atoms. The average molecular weight is 841 g/mol. The van der Waals surface area contributed by atoms with Gasteiger partial charge in [-0.25, -0.2) is 14.8 Å². The quantitative estimate of drug-likeness (QED) is 0.178. The molecule has 0 fully saturated rings. The number of hydrogen-bond acceptors (Lipinski definition) is 8. The summed E-state index contributed by atoms with van der Waals surface area (Å²) in [6.45, 7) is 1.62. The summed E-state index contributed by atoms with van der Waals surface area (Å²) in [7, 11) is 0. The molecule has 0 saturated heterocycles. The van der Waals surface area contributed by atoms with Crippen molar-refractivity contribution >= 4 is 59.8 Å². The van der Waals surface area contributed by atoms with Gasteiger partial charge in [-0.15, -0.1) is 0 Å². The Hall–Kier alpha value is -4.65. The van der Waals surface area contributed by atoms with Crippen LogP contribution in [0.2, 0.25) is 0 Å². The third kappa shape index (κ3) is 7.07. The van der Waals surface area contributed by atoms with E-state index in [2.05, 4.69) is 66.1 Å². The lowest BCUT2D eigenvalue weighted by Crippen LogP contribution is -2.34. The van der Waals surface area contributed by atoms with Gasteiger partial charge in [0.1, 0.15) is 18.3 Å². The Bertz CT molecular complexity index is 2450. The standard InChI is InChI=1S/C28H23BrN2O4.C13H13BrN2O2/c29-18-10-11-23-25(13-18)30-26-12-9-17(14-31(26)27(23)32)15-34-28(33)35-16-24-21-7-3-1-5-19(21)20-6-2-4-8-22(20)24;14-9-2-3-10-11(5-9)15-12-4-1-8(7-17)6-16(12)13(10)18/h1-8,10-11,13,17,24H,9,12,14-16H2;2-3,5,8,17H,1,4,6-7H2. The largest absolute Gasteiger partial charge is 0.508 e. The molecule has 10 nitrogen and oxygen atoms in total. The van der Waals surface area contributed by atoms with Crippen molar-refractivity contribution in [2.75, 3.05) is 19.8 Å². The highest BCUT2D eigenvalue weighted by molar-refractivity contribution is 9.10. The number of carbonyl (C=O) groups excluding carboxylic acids is 1. The summed E-state index contributed by atoms with van der Waals surface area (Å²) in [4.78, 5) is 47.1. The minimum Gasteiger partial charge on any atom is -0.434 e. The third-order valence-electron chi connectivity index (χ3n) is 10.5. The van der Waals surface area contributed by atoms with Crippen LogP contribution in [0.1, 0.15) is 41.5 Å². The fourth-order valence-corrected chi connectivity index (χ4v) is 8.41. The number of aromatic nitrogens is 4. The third-order valence-corrected chi connectivity index (χ3v) is 11.4. The van der Waals surface area contributed by atoms with E-state index in [0.717, 1.165) is 56.5 Å². The van der Waals surface area contributed by atoms with Gasteiger partial charge in [0.25, 0.3) is 11.1 Å². The summed E-state index contributed by atoms with van der Waals surface area (Å²) in [6, 6.07) is 27.5. The van der Waals surface area contributed by atoms with Crippen LogP contribution >= 0.6 is 31.9 Å². The molecule has 270 valence electrons. The fourth-order valence-electron chi connectivity index (χ4n) is 7.71.